The second-order valence-corrected chi connectivity index (χ2v) is 39.5. The first-order chi connectivity index (χ1) is 59.2. The van der Waals surface area contributed by atoms with E-state index in [4.69, 9.17) is 18.9 Å². The maximum Gasteiger partial charge on any atom is 0.322 e. The summed E-state index contributed by atoms with van der Waals surface area (Å²) in [7, 11) is 6.63. The van der Waals surface area contributed by atoms with Crippen LogP contribution in [-0.4, -0.2) is 136 Å². The Balaban J connectivity index is 0.000000144. The van der Waals surface area contributed by atoms with E-state index >= 15 is 0 Å². The number of aryl methyl sites for hydroxylation is 2. The number of carbonyl (C=O) groups excluding carboxylic acids is 8. The highest BCUT2D eigenvalue weighted by molar-refractivity contribution is 6.06. The predicted octanol–water partition coefficient (Wildman–Crippen LogP) is 17.0. The van der Waals surface area contributed by atoms with Gasteiger partial charge in [0.1, 0.15) is 58.7 Å². The summed E-state index contributed by atoms with van der Waals surface area (Å²) >= 11 is 0. The van der Waals surface area contributed by atoms with Gasteiger partial charge in [-0.25, -0.2) is 19.2 Å². The Bertz CT molecular complexity index is 5660. The number of urea groups is 4. The Hall–Kier alpha value is -12.1. The molecule has 5 aliphatic heterocycles. The average Bonchev–Trinajstić information content (AvgIpc) is 1.51. The molecule has 4 saturated heterocycles. The molecule has 4 fully saturated rings. The van der Waals surface area contributed by atoms with E-state index in [-0.39, 0.29) is 68.1 Å². The Morgan fingerprint density at radius 3 is 1.14 bits per heavy atom. The number of imide groups is 4. The van der Waals surface area contributed by atoms with Gasteiger partial charge in [0.25, 0.3) is 23.6 Å². The largest absolute Gasteiger partial charge is 0.508 e. The van der Waals surface area contributed by atoms with Crippen molar-refractivity contribution in [2.45, 2.75) is 258 Å². The summed E-state index contributed by atoms with van der Waals surface area (Å²) in [6.45, 7) is 42.7. The molecule has 5 heterocycles. The summed E-state index contributed by atoms with van der Waals surface area (Å²) < 4.78 is 22.9. The van der Waals surface area contributed by atoms with Crippen molar-refractivity contribution in [1.82, 2.24) is 42.5 Å². The number of ether oxygens (including phenoxy) is 4. The number of fused-ring (bicyclic) bond motifs is 4. The van der Waals surface area contributed by atoms with Crippen molar-refractivity contribution >= 4 is 59.1 Å². The zero-order chi connectivity index (χ0) is 91.5. The monoisotopic (exact) mass is 1710 g/mol. The molecule has 24 nitrogen and oxygen atoms in total. The van der Waals surface area contributed by atoms with E-state index < -0.39 is 54.2 Å². The molecule has 8 aromatic carbocycles. The van der Waals surface area contributed by atoms with Gasteiger partial charge in [0.05, 0.1) is 45.4 Å². The Morgan fingerprint density at radius 1 is 0.349 bits per heavy atom. The normalized spacial score (nSPS) is 20.4. The molecule has 0 spiro atoms. The van der Waals surface area contributed by atoms with Crippen LogP contribution in [0.2, 0.25) is 0 Å². The van der Waals surface area contributed by atoms with Crippen molar-refractivity contribution in [2.24, 2.45) is 0 Å². The van der Waals surface area contributed by atoms with Crippen LogP contribution < -0.4 is 71.3 Å². The van der Waals surface area contributed by atoms with Crippen molar-refractivity contribution in [3.63, 3.8) is 0 Å². The fraction of sp³-hybridized carbons (Fsp3) is 0.451. The molecule has 0 radical (unpaired) electrons. The summed E-state index contributed by atoms with van der Waals surface area (Å²) in [5, 5.41) is 40.7. The quantitative estimate of drug-likeness (QED) is 0.0357. The molecular formula is C102H126N10O14. The molecule has 0 bridgehead atoms. The number of amides is 12. The third-order valence-electron chi connectivity index (χ3n) is 27.4. The summed E-state index contributed by atoms with van der Waals surface area (Å²) in [5.74, 6) is 1.51. The fourth-order valence-corrected chi connectivity index (χ4v) is 19.4. The first-order valence-corrected chi connectivity index (χ1v) is 44.0. The molecule has 12 amide bonds. The van der Waals surface area contributed by atoms with Crippen LogP contribution in [0.1, 0.15) is 216 Å². The predicted molar refractivity (Wildman–Crippen MR) is 494 cm³/mol. The van der Waals surface area contributed by atoms with Crippen LogP contribution in [0.3, 0.4) is 0 Å². The van der Waals surface area contributed by atoms with E-state index in [1.165, 1.54) is 62.8 Å². The molecule has 3 aliphatic carbocycles. The number of anilines is 2. The van der Waals surface area contributed by atoms with Gasteiger partial charge in [-0.2, -0.15) is 0 Å². The second-order valence-electron chi connectivity index (χ2n) is 39.5. The van der Waals surface area contributed by atoms with E-state index in [0.717, 1.165) is 118 Å². The fourth-order valence-electron chi connectivity index (χ4n) is 19.4. The Labute approximate surface area is 741 Å². The van der Waals surface area contributed by atoms with Crippen molar-refractivity contribution in [2.75, 3.05) is 51.3 Å². The number of hydrogen-bond donors (Lipinski definition) is 10. The van der Waals surface area contributed by atoms with Crippen molar-refractivity contribution in [3.05, 3.63) is 188 Å². The minimum atomic E-state index is -0.750. The number of hydrogen-bond acceptors (Lipinski definition) is 16. The highest BCUT2D eigenvalue weighted by Gasteiger charge is 2.43. The Morgan fingerprint density at radius 2 is 0.714 bits per heavy atom. The molecule has 0 aromatic heterocycles. The summed E-state index contributed by atoms with van der Waals surface area (Å²) in [4.78, 5) is 98.9. The van der Waals surface area contributed by atoms with Crippen molar-refractivity contribution < 1.29 is 67.5 Å². The number of aromatic hydroxyl groups is 2. The molecule has 4 unspecified atom stereocenters. The molecule has 0 saturated carbocycles. The summed E-state index contributed by atoms with van der Waals surface area (Å²) in [6, 6.07) is 37.6. The minimum absolute atomic E-state index is 0.0166. The first kappa shape index (κ1) is 91.6. The molecule has 668 valence electrons. The lowest BCUT2D eigenvalue weighted by Gasteiger charge is -2.43. The van der Waals surface area contributed by atoms with Gasteiger partial charge in [0, 0.05) is 73.6 Å². The van der Waals surface area contributed by atoms with Crippen LogP contribution in [0.15, 0.2) is 121 Å². The second kappa shape index (κ2) is 35.4. The molecule has 8 aromatic rings. The zero-order valence-corrected chi connectivity index (χ0v) is 77.2. The van der Waals surface area contributed by atoms with Gasteiger partial charge in [-0.15, -0.1) is 0 Å². The molecule has 8 aliphatic rings. The standard InChI is InChI=1S/C26H34N4O3.C26H32N2O4.C25H30N2O4.C25H30N2O3/c1-15(2)29-9-10-30(16(3)4)23-14-19(17(5)11-22(23)29)20-12-18(7-8-24(20)33-6)13-21-25(31)28-26(32)27-21;1-25(2)11-12-26(3,4)18-13-15(7-9-17(18)25)21-20(31-5)10-8-16(22(21)32-6)14-19-23(29)28-24(30)27-19;1-13-8-17-18(25(4,5)7-6-24(17,2)3)11-15(13)16-9-14(20(28)12-21(16)29)10-19-22(30)27-23(31)26-19;1-24(2)10-11-25(3,4)19-14-16(7-8-18(19)24)17-12-15(6-9-21(17)30-5)13-20-22(28)27-23(29)26-20/h7-8,11-12,14-16,21H,9-10,13H2,1-6H3,(H2,27,28,31,32);7-10,13,19H,11-12,14H2,1-6H3,(H2,27,28,29,30);8-9,11-12,19,28-29H,6-7,10H2,1-5H3,(H2,26,27,30,31);6-9,12,14,20H,10-11,13H2,1-5H3,(H2,26,27,28,29). The molecule has 126 heavy (non-hydrogen) atoms. The number of carbonyl (C=O) groups is 8. The van der Waals surface area contributed by atoms with E-state index in [0.29, 0.717) is 54.0 Å². The number of benzene rings is 8. The topological polar surface area (TPSA) is 317 Å². The third-order valence-corrected chi connectivity index (χ3v) is 27.4. The lowest BCUT2D eigenvalue weighted by atomic mass is 9.62. The number of nitrogens with one attached hydrogen (secondary N) is 8. The molecular weight excluding hydrogens is 1590 g/mol. The number of methoxy groups -OCH3 is 4. The highest BCUT2D eigenvalue weighted by Crippen LogP contribution is 2.53. The van der Waals surface area contributed by atoms with Crippen molar-refractivity contribution in [3.8, 4) is 79.0 Å². The van der Waals surface area contributed by atoms with Gasteiger partial charge in [0.2, 0.25) is 0 Å². The van der Waals surface area contributed by atoms with Gasteiger partial charge in [0.15, 0.2) is 0 Å². The molecule has 4 atom stereocenters. The number of phenols is 2. The van der Waals surface area contributed by atoms with E-state index in [1.807, 2.05) is 43.3 Å². The van der Waals surface area contributed by atoms with Gasteiger partial charge < -0.3 is 60.2 Å². The SMILES string of the molecule is COc1ccc(CC2NC(=O)NC2=O)c(OC)c1-c1ccc2c(c1)C(C)(C)CCC2(C)C.COc1ccc(CC2NC(=O)NC2=O)cc1-c1cc2c(cc1C)N(C(C)C)CCN2C(C)C.COc1ccc(CC2NC(=O)NC2=O)cc1-c1ccc2c(c1)C(C)(C)CCC2(C)C.Cc1cc2c(cc1-c1cc(CC3NC(=O)NC3=O)c(O)cc1O)C(C)(C)CCC2(C)C. The van der Waals surface area contributed by atoms with Crippen LogP contribution in [0.25, 0.3) is 44.5 Å². The average molecular weight is 1720 g/mol. The lowest BCUT2D eigenvalue weighted by molar-refractivity contribution is -0.120. The number of phenolic OH excluding ortho intramolecular Hbond substituents is 2. The first-order valence-electron chi connectivity index (χ1n) is 44.0. The smallest absolute Gasteiger partial charge is 0.322 e. The van der Waals surface area contributed by atoms with Crippen molar-refractivity contribution in [1.29, 1.82) is 0 Å². The van der Waals surface area contributed by atoms with E-state index in [2.05, 4.69) is 243 Å². The van der Waals surface area contributed by atoms with Crippen LogP contribution >= 0.6 is 0 Å². The van der Waals surface area contributed by atoms with E-state index in [9.17, 15) is 48.6 Å². The van der Waals surface area contributed by atoms with Crippen LogP contribution in [0.4, 0.5) is 30.6 Å². The maximum atomic E-state index is 12.1. The summed E-state index contributed by atoms with van der Waals surface area (Å²) in [6.07, 6.45) is 8.17. The lowest BCUT2D eigenvalue weighted by Crippen LogP contribution is -2.46. The number of nitrogens with zero attached hydrogens (tertiary/aromatic N) is 2. The summed E-state index contributed by atoms with van der Waals surface area (Å²) in [5.41, 5.74) is 24.4. The van der Waals surface area contributed by atoms with Gasteiger partial charge in [-0.3, -0.25) is 40.4 Å². The van der Waals surface area contributed by atoms with Crippen LogP contribution in [0, 0.1) is 13.8 Å². The number of rotatable bonds is 18. The van der Waals surface area contributed by atoms with Crippen LogP contribution in [0.5, 0.6) is 34.5 Å². The highest BCUT2D eigenvalue weighted by atomic mass is 16.5. The van der Waals surface area contributed by atoms with Gasteiger partial charge >= 0.3 is 24.1 Å². The third kappa shape index (κ3) is 18.8. The Kier molecular flexibility index (Phi) is 25.7. The zero-order valence-electron chi connectivity index (χ0n) is 77.2. The molecule has 10 N–H and O–H groups in total. The molecule has 16 rings (SSSR count). The van der Waals surface area contributed by atoms with Gasteiger partial charge in [-0.05, 0) is 256 Å². The minimum Gasteiger partial charge on any atom is -0.508 e. The molecule has 24 heteroatoms. The van der Waals surface area contributed by atoms with E-state index in [1.54, 1.807) is 34.5 Å². The van der Waals surface area contributed by atoms with Gasteiger partial charge in [-0.1, -0.05) is 144 Å². The van der Waals surface area contributed by atoms with Crippen LogP contribution in [-0.2, 0) is 77.4 Å². The maximum absolute atomic E-state index is 12.1.